The number of nitrogen functional groups attached to an aromatic ring is 1. The van der Waals surface area contributed by atoms with Gasteiger partial charge in [-0.25, -0.2) is 19.3 Å². The summed E-state index contributed by atoms with van der Waals surface area (Å²) in [6.45, 7) is 0. The molecule has 0 spiro atoms. The van der Waals surface area contributed by atoms with Crippen LogP contribution in [0.3, 0.4) is 0 Å². The standard InChI is InChI=1S/C16H14FN5O/c17-13-7-5-8(13)14(7)23-11-2-4-19-15-12(11)9(6-21-15)10-1-3-20-16(18)22-10/h1-4,6-8,13-14H,5H2,(H,19,21)(H2,18,20,22). The molecule has 3 saturated carbocycles. The molecule has 0 aliphatic heterocycles. The second kappa shape index (κ2) is 4.41. The number of alkyl halides is 1. The Kier molecular flexibility index (Phi) is 2.45. The Morgan fingerprint density at radius 3 is 2.78 bits per heavy atom. The van der Waals surface area contributed by atoms with Crippen molar-refractivity contribution in [1.82, 2.24) is 19.9 Å². The summed E-state index contributed by atoms with van der Waals surface area (Å²) < 4.78 is 19.5. The molecule has 2 atom stereocenters. The number of halogens is 1. The molecule has 3 fully saturated rings. The van der Waals surface area contributed by atoms with Crippen LogP contribution in [-0.2, 0) is 0 Å². The molecule has 7 heteroatoms. The summed E-state index contributed by atoms with van der Waals surface area (Å²) in [7, 11) is 0. The molecule has 3 aliphatic carbocycles. The Bertz CT molecular complexity index is 900. The third-order valence-corrected chi connectivity index (χ3v) is 4.95. The van der Waals surface area contributed by atoms with Crippen molar-refractivity contribution in [2.75, 3.05) is 5.73 Å². The van der Waals surface area contributed by atoms with Crippen LogP contribution in [0.5, 0.6) is 5.75 Å². The SMILES string of the molecule is Nc1nccc(-c2c[nH]c3nccc(OC4C5CC4C5F)c23)n1. The van der Waals surface area contributed by atoms with Gasteiger partial charge in [-0.15, -0.1) is 0 Å². The summed E-state index contributed by atoms with van der Waals surface area (Å²) in [4.78, 5) is 15.6. The van der Waals surface area contributed by atoms with E-state index < -0.39 is 6.17 Å². The highest BCUT2D eigenvalue weighted by Gasteiger charge is 2.64. The summed E-state index contributed by atoms with van der Waals surface area (Å²) >= 11 is 0. The van der Waals surface area contributed by atoms with Gasteiger partial charge in [-0.1, -0.05) is 0 Å². The summed E-state index contributed by atoms with van der Waals surface area (Å²) in [5, 5.41) is 0.840. The van der Waals surface area contributed by atoms with Crippen LogP contribution in [0.25, 0.3) is 22.3 Å². The van der Waals surface area contributed by atoms with Gasteiger partial charge in [0.05, 0.1) is 11.1 Å². The normalized spacial score (nSPS) is 28.2. The molecular weight excluding hydrogens is 297 g/mol. The van der Waals surface area contributed by atoms with Crippen LogP contribution < -0.4 is 10.5 Å². The van der Waals surface area contributed by atoms with E-state index in [4.69, 9.17) is 10.5 Å². The maximum atomic E-state index is 13.4. The van der Waals surface area contributed by atoms with Gasteiger partial charge in [0.25, 0.3) is 0 Å². The van der Waals surface area contributed by atoms with E-state index in [1.807, 2.05) is 12.3 Å². The number of rotatable bonds is 3. The number of fused-ring (bicyclic) bond motifs is 1. The van der Waals surface area contributed by atoms with Crippen molar-refractivity contribution in [2.24, 2.45) is 11.8 Å². The van der Waals surface area contributed by atoms with E-state index in [9.17, 15) is 4.39 Å². The number of hydrogen-bond acceptors (Lipinski definition) is 5. The van der Waals surface area contributed by atoms with Crippen molar-refractivity contribution in [3.63, 3.8) is 0 Å². The fourth-order valence-electron chi connectivity index (χ4n) is 3.47. The molecule has 3 aromatic heterocycles. The van der Waals surface area contributed by atoms with E-state index >= 15 is 0 Å². The predicted molar refractivity (Wildman–Crippen MR) is 82.4 cm³/mol. The maximum absolute atomic E-state index is 13.4. The van der Waals surface area contributed by atoms with Gasteiger partial charge >= 0.3 is 0 Å². The highest BCUT2D eigenvalue weighted by Crippen LogP contribution is 2.57. The van der Waals surface area contributed by atoms with Crippen LogP contribution in [-0.4, -0.2) is 32.2 Å². The molecule has 0 aromatic carbocycles. The zero-order chi connectivity index (χ0) is 15.6. The van der Waals surface area contributed by atoms with Crippen molar-refractivity contribution in [1.29, 1.82) is 0 Å². The van der Waals surface area contributed by atoms with Gasteiger partial charge < -0.3 is 15.5 Å². The largest absolute Gasteiger partial charge is 0.489 e. The minimum Gasteiger partial charge on any atom is -0.489 e. The average Bonchev–Trinajstić information content (AvgIpc) is 2.95. The quantitative estimate of drug-likeness (QED) is 0.775. The lowest BCUT2D eigenvalue weighted by Crippen LogP contribution is -2.67. The number of aromatic nitrogens is 4. The number of ether oxygens (including phenoxy) is 1. The molecule has 6 nitrogen and oxygen atoms in total. The Morgan fingerprint density at radius 1 is 1.22 bits per heavy atom. The molecule has 3 N–H and O–H groups in total. The first kappa shape index (κ1) is 12.8. The van der Waals surface area contributed by atoms with Crippen LogP contribution in [0.2, 0.25) is 0 Å². The van der Waals surface area contributed by atoms with Crippen LogP contribution in [0.4, 0.5) is 10.3 Å². The summed E-state index contributed by atoms with van der Waals surface area (Å²) in [6, 6.07) is 3.60. The molecule has 0 saturated heterocycles. The molecule has 3 aliphatic rings. The number of pyridine rings is 1. The second-order valence-electron chi connectivity index (χ2n) is 6.13. The second-order valence-corrected chi connectivity index (χ2v) is 6.13. The van der Waals surface area contributed by atoms with Gasteiger partial charge in [-0.2, -0.15) is 0 Å². The van der Waals surface area contributed by atoms with Crippen LogP contribution in [0.1, 0.15) is 6.42 Å². The van der Waals surface area contributed by atoms with Gasteiger partial charge in [0, 0.05) is 36.0 Å². The number of aromatic amines is 1. The number of nitrogens with one attached hydrogen (secondary N) is 1. The molecule has 23 heavy (non-hydrogen) atoms. The number of nitrogens with zero attached hydrogens (tertiary/aromatic N) is 3. The Labute approximate surface area is 130 Å². The topological polar surface area (TPSA) is 89.7 Å². The summed E-state index contributed by atoms with van der Waals surface area (Å²) in [5.74, 6) is 0.999. The molecule has 6 rings (SSSR count). The molecule has 3 aromatic rings. The van der Waals surface area contributed by atoms with E-state index in [2.05, 4.69) is 19.9 Å². The van der Waals surface area contributed by atoms with Crippen molar-refractivity contribution in [3.8, 4) is 17.0 Å². The van der Waals surface area contributed by atoms with Crippen molar-refractivity contribution in [3.05, 3.63) is 30.7 Å². The van der Waals surface area contributed by atoms with Crippen LogP contribution >= 0.6 is 0 Å². The van der Waals surface area contributed by atoms with E-state index in [0.717, 1.165) is 17.4 Å². The summed E-state index contributed by atoms with van der Waals surface area (Å²) in [6.07, 6.45) is 5.35. The lowest BCUT2D eigenvalue weighted by molar-refractivity contribution is -0.204. The number of H-pyrrole nitrogens is 1. The third-order valence-electron chi connectivity index (χ3n) is 4.95. The lowest BCUT2D eigenvalue weighted by atomic mass is 9.52. The highest BCUT2D eigenvalue weighted by atomic mass is 19.1. The Hall–Kier alpha value is -2.70. The first-order valence-corrected chi connectivity index (χ1v) is 7.58. The molecular formula is C16H14FN5O. The van der Waals surface area contributed by atoms with Crippen LogP contribution in [0.15, 0.2) is 30.7 Å². The molecule has 3 heterocycles. The predicted octanol–water partition coefficient (Wildman–Crippen LogP) is 2.34. The lowest BCUT2D eigenvalue weighted by Gasteiger charge is -2.59. The van der Waals surface area contributed by atoms with Crippen molar-refractivity contribution in [2.45, 2.75) is 18.7 Å². The Balaban J connectivity index is 1.58. The molecule has 2 unspecified atom stereocenters. The van der Waals surface area contributed by atoms with E-state index in [1.54, 1.807) is 18.5 Å². The van der Waals surface area contributed by atoms with Gasteiger partial charge in [0.15, 0.2) is 0 Å². The molecule has 0 amide bonds. The van der Waals surface area contributed by atoms with Gasteiger partial charge in [0.2, 0.25) is 5.95 Å². The fourth-order valence-corrected chi connectivity index (χ4v) is 3.47. The third kappa shape index (κ3) is 1.70. The zero-order valence-corrected chi connectivity index (χ0v) is 12.1. The Morgan fingerprint density at radius 2 is 2.04 bits per heavy atom. The highest BCUT2D eigenvalue weighted by molar-refractivity contribution is 5.97. The van der Waals surface area contributed by atoms with Gasteiger partial charge in [-0.3, -0.25) is 0 Å². The number of anilines is 1. The smallest absolute Gasteiger partial charge is 0.220 e. The van der Waals surface area contributed by atoms with E-state index in [1.165, 1.54) is 0 Å². The van der Waals surface area contributed by atoms with Crippen molar-refractivity contribution < 1.29 is 9.13 Å². The minimum absolute atomic E-state index is 0.0196. The maximum Gasteiger partial charge on any atom is 0.220 e. The summed E-state index contributed by atoms with van der Waals surface area (Å²) in [5.41, 5.74) is 7.93. The fraction of sp³-hybridized carbons (Fsp3) is 0.312. The minimum atomic E-state index is -0.690. The number of hydrogen-bond donors (Lipinski definition) is 2. The zero-order valence-electron chi connectivity index (χ0n) is 12.1. The van der Waals surface area contributed by atoms with Crippen LogP contribution in [0, 0.1) is 11.8 Å². The van der Waals surface area contributed by atoms with Crippen molar-refractivity contribution >= 4 is 17.0 Å². The molecule has 116 valence electrons. The van der Waals surface area contributed by atoms with Gasteiger partial charge in [0.1, 0.15) is 23.7 Å². The van der Waals surface area contributed by atoms with Gasteiger partial charge in [-0.05, 0) is 18.6 Å². The monoisotopic (exact) mass is 311 g/mol. The van der Waals surface area contributed by atoms with E-state index in [-0.39, 0.29) is 23.9 Å². The molecule has 0 radical (unpaired) electrons. The average molecular weight is 311 g/mol. The first-order chi connectivity index (χ1) is 11.2. The van der Waals surface area contributed by atoms with E-state index in [0.29, 0.717) is 17.1 Å². The molecule has 2 bridgehead atoms. The first-order valence-electron chi connectivity index (χ1n) is 7.58. The number of nitrogens with two attached hydrogens (primary N) is 1.